The van der Waals surface area contributed by atoms with Crippen LogP contribution < -0.4 is 20.2 Å². The number of ether oxygens (including phenoxy) is 2. The number of hydrogen-bond acceptors (Lipinski definition) is 5. The normalized spacial score (nSPS) is 11.7. The van der Waals surface area contributed by atoms with Gasteiger partial charge >= 0.3 is 0 Å². The molecule has 0 aliphatic rings. The number of rotatable bonds is 9. The fourth-order valence-corrected chi connectivity index (χ4v) is 3.54. The van der Waals surface area contributed by atoms with Crippen molar-refractivity contribution in [3.8, 4) is 11.5 Å². The largest absolute Gasteiger partial charge is 0.497 e. The lowest BCUT2D eigenvalue weighted by Gasteiger charge is -2.13. The Balaban J connectivity index is 1.59. The van der Waals surface area contributed by atoms with Crippen LogP contribution in [0.3, 0.4) is 0 Å². The van der Waals surface area contributed by atoms with Gasteiger partial charge in [0.05, 0.1) is 13.3 Å². The zero-order valence-corrected chi connectivity index (χ0v) is 21.1. The van der Waals surface area contributed by atoms with Gasteiger partial charge in [0.25, 0.3) is 11.8 Å². The van der Waals surface area contributed by atoms with Gasteiger partial charge in [-0.3, -0.25) is 9.59 Å². The van der Waals surface area contributed by atoms with Gasteiger partial charge in [0, 0.05) is 31.8 Å². The first-order valence-corrected chi connectivity index (χ1v) is 11.5. The van der Waals surface area contributed by atoms with Gasteiger partial charge in [-0.2, -0.15) is 5.10 Å². The van der Waals surface area contributed by atoms with E-state index in [1.807, 2.05) is 0 Å². The quantitative estimate of drug-likeness (QED) is 0.280. The number of carbonyl (C=O) groups excluding carboxylic acids is 2. The van der Waals surface area contributed by atoms with Crippen molar-refractivity contribution in [3.63, 3.8) is 0 Å². The number of nitrogens with one attached hydrogen (secondary N) is 2. The molecule has 0 saturated carbocycles. The minimum absolute atomic E-state index is 0.194. The Hall–Kier alpha value is -3.26. The van der Waals surface area contributed by atoms with E-state index in [1.54, 1.807) is 67.6 Å². The average Bonchev–Trinajstić information content (AvgIpc) is 2.84. The second-order valence-corrected chi connectivity index (χ2v) is 8.64. The fourth-order valence-electron chi connectivity index (χ4n) is 2.90. The average molecular weight is 535 g/mol. The summed E-state index contributed by atoms with van der Waals surface area (Å²) < 4.78 is 10.9. The van der Waals surface area contributed by atoms with E-state index >= 15 is 0 Å². The van der Waals surface area contributed by atoms with Gasteiger partial charge in [-0.1, -0.05) is 40.9 Å². The van der Waals surface area contributed by atoms with Crippen LogP contribution in [0, 0.1) is 0 Å². The lowest BCUT2D eigenvalue weighted by atomic mass is 10.2. The lowest BCUT2D eigenvalue weighted by molar-refractivity contribution is -0.122. The second-order valence-electron chi connectivity index (χ2n) is 7.36. The highest BCUT2D eigenvalue weighted by Gasteiger charge is 2.16. The molecule has 10 heteroatoms. The molecule has 0 heterocycles. The number of hydrazone groups is 1. The molecule has 0 spiro atoms. The molecule has 0 bridgehead atoms. The van der Waals surface area contributed by atoms with Crippen LogP contribution in [-0.2, 0) is 11.4 Å². The number of hydrogen-bond donors (Lipinski definition) is 2. The maximum absolute atomic E-state index is 12.4. The Morgan fingerprint density at radius 3 is 2.37 bits per heavy atom. The monoisotopic (exact) mass is 533 g/mol. The van der Waals surface area contributed by atoms with Crippen molar-refractivity contribution in [2.24, 2.45) is 5.10 Å². The third-order valence-electron chi connectivity index (χ3n) is 4.84. The van der Waals surface area contributed by atoms with Crippen molar-refractivity contribution in [2.75, 3.05) is 7.11 Å². The van der Waals surface area contributed by atoms with E-state index in [9.17, 15) is 9.59 Å². The molecule has 0 aromatic heterocycles. The smallest absolute Gasteiger partial charge is 0.262 e. The lowest BCUT2D eigenvalue weighted by Crippen LogP contribution is -2.43. The molecule has 0 radical (unpaired) electrons. The van der Waals surface area contributed by atoms with Crippen LogP contribution in [0.5, 0.6) is 11.5 Å². The van der Waals surface area contributed by atoms with E-state index in [4.69, 9.17) is 44.3 Å². The molecule has 35 heavy (non-hydrogen) atoms. The first-order valence-electron chi connectivity index (χ1n) is 10.4. The minimum atomic E-state index is -0.830. The zero-order chi connectivity index (χ0) is 25.4. The summed E-state index contributed by atoms with van der Waals surface area (Å²) in [4.78, 5) is 24.7. The van der Waals surface area contributed by atoms with Gasteiger partial charge in [-0.15, -0.1) is 0 Å². The molecule has 0 fully saturated rings. The summed E-state index contributed by atoms with van der Waals surface area (Å²) in [5.41, 5.74) is 4.09. The Labute approximate surface area is 218 Å². The summed E-state index contributed by atoms with van der Waals surface area (Å²) in [5.74, 6) is 0.216. The second kappa shape index (κ2) is 12.4. The molecule has 2 N–H and O–H groups in total. The van der Waals surface area contributed by atoms with Crippen molar-refractivity contribution in [1.29, 1.82) is 0 Å². The van der Waals surface area contributed by atoms with Gasteiger partial charge in [-0.05, 0) is 61.5 Å². The predicted octanol–water partition coefficient (Wildman–Crippen LogP) is 5.50. The summed E-state index contributed by atoms with van der Waals surface area (Å²) >= 11 is 18.2. The molecule has 0 aliphatic carbocycles. The number of methoxy groups -OCH3 is 1. The summed E-state index contributed by atoms with van der Waals surface area (Å²) in [5, 5.41) is 8.08. The van der Waals surface area contributed by atoms with Gasteiger partial charge in [0.2, 0.25) is 0 Å². The van der Waals surface area contributed by atoms with Crippen molar-refractivity contribution >= 4 is 52.8 Å². The molecule has 182 valence electrons. The van der Waals surface area contributed by atoms with Crippen LogP contribution in [0.4, 0.5) is 0 Å². The molecule has 0 aliphatic heterocycles. The summed E-state index contributed by atoms with van der Waals surface area (Å²) in [7, 11) is 1.54. The molecular weight excluding hydrogens is 513 g/mol. The van der Waals surface area contributed by atoms with Crippen molar-refractivity contribution in [1.82, 2.24) is 10.7 Å². The van der Waals surface area contributed by atoms with Crippen LogP contribution in [-0.4, -0.2) is 31.2 Å². The van der Waals surface area contributed by atoms with E-state index < -0.39 is 17.9 Å². The molecular formula is C25H22Cl3N3O4. The van der Waals surface area contributed by atoms with E-state index in [-0.39, 0.29) is 6.61 Å². The number of carbonyl (C=O) groups is 2. The number of halogens is 3. The number of benzene rings is 3. The Bertz CT molecular complexity index is 1230. The topological polar surface area (TPSA) is 89.0 Å². The summed E-state index contributed by atoms with van der Waals surface area (Å²) in [6.45, 7) is 1.75. The maximum atomic E-state index is 12.4. The standard InChI is InChI=1S/C25H22Cl3N3O4/c1-15(30-25(33)16-4-8-21(34-2)9-5-16)24(32)31-29-13-18-11-19(26)7-10-23(18)35-14-17-3-6-20(27)12-22(17)28/h3-13,15H,14H2,1-2H3,(H,30,33)(H,31,32). The Morgan fingerprint density at radius 1 is 1.00 bits per heavy atom. The third kappa shape index (κ3) is 7.62. The molecule has 3 rings (SSSR count). The minimum Gasteiger partial charge on any atom is -0.497 e. The first-order chi connectivity index (χ1) is 16.8. The van der Waals surface area contributed by atoms with E-state index in [1.165, 1.54) is 13.3 Å². The molecule has 0 saturated heterocycles. The van der Waals surface area contributed by atoms with Crippen LogP contribution in [0.25, 0.3) is 0 Å². The first kappa shape index (κ1) is 26.3. The molecule has 7 nitrogen and oxygen atoms in total. The van der Waals surface area contributed by atoms with Gasteiger partial charge in [0.15, 0.2) is 0 Å². The number of nitrogens with zero attached hydrogens (tertiary/aromatic N) is 1. The van der Waals surface area contributed by atoms with E-state index in [0.29, 0.717) is 37.7 Å². The van der Waals surface area contributed by atoms with Crippen LogP contribution in [0.15, 0.2) is 65.8 Å². The third-order valence-corrected chi connectivity index (χ3v) is 5.66. The molecule has 3 aromatic carbocycles. The van der Waals surface area contributed by atoms with Crippen molar-refractivity contribution in [2.45, 2.75) is 19.6 Å². The van der Waals surface area contributed by atoms with Crippen LogP contribution in [0.1, 0.15) is 28.4 Å². The van der Waals surface area contributed by atoms with E-state index in [2.05, 4.69) is 15.8 Å². The molecule has 1 unspecified atom stereocenters. The maximum Gasteiger partial charge on any atom is 0.262 e. The van der Waals surface area contributed by atoms with Gasteiger partial charge in [-0.25, -0.2) is 5.43 Å². The Morgan fingerprint density at radius 2 is 1.69 bits per heavy atom. The highest BCUT2D eigenvalue weighted by Crippen LogP contribution is 2.25. The van der Waals surface area contributed by atoms with Crippen LogP contribution in [0.2, 0.25) is 15.1 Å². The van der Waals surface area contributed by atoms with Crippen molar-refractivity contribution in [3.05, 3.63) is 92.4 Å². The van der Waals surface area contributed by atoms with Crippen LogP contribution >= 0.6 is 34.8 Å². The van der Waals surface area contributed by atoms with Crippen molar-refractivity contribution < 1.29 is 19.1 Å². The number of amides is 2. The molecule has 1 atom stereocenters. The van der Waals surface area contributed by atoms with Gasteiger partial charge < -0.3 is 14.8 Å². The fraction of sp³-hybridized carbons (Fsp3) is 0.160. The highest BCUT2D eigenvalue weighted by molar-refractivity contribution is 6.35. The zero-order valence-electron chi connectivity index (χ0n) is 18.8. The summed E-state index contributed by atoms with van der Waals surface area (Å²) in [6.07, 6.45) is 1.40. The van der Waals surface area contributed by atoms with Gasteiger partial charge in [0.1, 0.15) is 24.1 Å². The molecule has 3 aromatic rings. The molecule has 2 amide bonds. The predicted molar refractivity (Wildman–Crippen MR) is 138 cm³/mol. The van der Waals surface area contributed by atoms with E-state index in [0.717, 1.165) is 5.56 Å². The Kier molecular flexibility index (Phi) is 9.37. The highest BCUT2D eigenvalue weighted by atomic mass is 35.5. The summed E-state index contributed by atoms with van der Waals surface area (Å²) in [6, 6.07) is 15.8. The SMILES string of the molecule is COc1ccc(C(=O)NC(C)C(=O)NN=Cc2cc(Cl)ccc2OCc2ccc(Cl)cc2Cl)cc1.